The van der Waals surface area contributed by atoms with Gasteiger partial charge in [0.2, 0.25) is 6.71 Å². The van der Waals surface area contributed by atoms with Crippen molar-refractivity contribution in [3.8, 4) is 44.9 Å². The molecule has 0 amide bonds. The highest BCUT2D eigenvalue weighted by Crippen LogP contribution is 2.52. The summed E-state index contributed by atoms with van der Waals surface area (Å²) in [6.45, 7) is 6.58. The zero-order valence-electron chi connectivity index (χ0n) is 53.5. The molecular weight excluding hydrogens is 1180 g/mol. The summed E-state index contributed by atoms with van der Waals surface area (Å²) in [6, 6.07) is 123. The van der Waals surface area contributed by atoms with E-state index >= 15 is 0 Å². The number of para-hydroxylation sites is 6. The van der Waals surface area contributed by atoms with Gasteiger partial charge in [0.15, 0.2) is 0 Å². The van der Waals surface area contributed by atoms with Gasteiger partial charge in [-0.1, -0.05) is 262 Å². The lowest BCUT2D eigenvalue weighted by atomic mass is 9.31. The topological polar surface area (TPSA) is 22.2 Å². The van der Waals surface area contributed by atoms with Crippen LogP contribution in [0.15, 0.2) is 343 Å². The molecule has 5 nitrogen and oxygen atoms in total. The fourth-order valence-corrected chi connectivity index (χ4v) is 16.4. The van der Waals surface area contributed by atoms with Crippen LogP contribution >= 0.6 is 11.8 Å². The van der Waals surface area contributed by atoms with Gasteiger partial charge in [-0.3, -0.25) is 0 Å². The third-order valence-corrected chi connectivity index (χ3v) is 20.8. The highest BCUT2D eigenvalue weighted by atomic mass is 32.2. The van der Waals surface area contributed by atoms with Gasteiger partial charge in [0.05, 0.1) is 11.4 Å². The van der Waals surface area contributed by atoms with Crippen LogP contribution in [0.4, 0.5) is 68.2 Å². The molecule has 96 heavy (non-hydrogen) atoms. The van der Waals surface area contributed by atoms with E-state index in [9.17, 15) is 0 Å². The number of benzene rings is 14. The maximum atomic E-state index is 7.35. The first kappa shape index (κ1) is 57.2. The number of nitrogens with zero attached hydrogens (tertiary/aromatic N) is 4. The lowest BCUT2D eigenvalue weighted by Gasteiger charge is -2.44. The summed E-state index contributed by atoms with van der Waals surface area (Å²) in [6.07, 6.45) is 0. The number of ether oxygens (including phenoxy) is 1. The molecule has 18 rings (SSSR count). The predicted octanol–water partition coefficient (Wildman–Crippen LogP) is 20.1. The Balaban J connectivity index is 0.890. The van der Waals surface area contributed by atoms with Gasteiger partial charge in [-0.25, -0.2) is 0 Å². The predicted molar refractivity (Wildman–Crippen MR) is 407 cm³/mol. The van der Waals surface area contributed by atoms with E-state index in [2.05, 4.69) is 374 Å². The number of hydrogen-bond donors (Lipinski definition) is 0. The van der Waals surface area contributed by atoms with Gasteiger partial charge in [0.1, 0.15) is 11.5 Å². The molecule has 0 saturated heterocycles. The van der Waals surface area contributed by atoms with Crippen molar-refractivity contribution in [2.75, 3.05) is 19.6 Å². The average molecular weight is 1250 g/mol. The van der Waals surface area contributed by atoms with Crippen LogP contribution in [0.25, 0.3) is 33.4 Å². The molecule has 4 heterocycles. The second-order valence-electron chi connectivity index (χ2n) is 26.4. The van der Waals surface area contributed by atoms with Crippen LogP contribution < -0.4 is 57.1 Å². The van der Waals surface area contributed by atoms with Crippen LogP contribution in [0, 0.1) is 0 Å². The van der Waals surface area contributed by atoms with Crippen LogP contribution in [0.5, 0.6) is 11.5 Å². The summed E-state index contributed by atoms with van der Waals surface area (Å²) in [5.74, 6) is 1.71. The molecule has 0 radical (unpaired) electrons. The molecule has 14 aromatic carbocycles. The SMILES string of the molecule is CC(C)(C)c1ccc(-c2ccccc2N2c3cc4c(cc3B3c5ccccc5Oc5cc(N(c6ccccc6)c6ccccc6)cc2c53)B2c3ccccc3N(c3ccccc3)c3cc(N(c5ccc(-c6ccccc6)cc5)c5ccc(-c6ccccc6)cc5)cc(c32)S4)cc1. The summed E-state index contributed by atoms with van der Waals surface area (Å²) < 4.78 is 7.35. The van der Waals surface area contributed by atoms with Gasteiger partial charge in [-0.05, 0) is 169 Å². The van der Waals surface area contributed by atoms with Crippen LogP contribution in [0.1, 0.15) is 26.3 Å². The zero-order chi connectivity index (χ0) is 64.0. The van der Waals surface area contributed by atoms with E-state index in [4.69, 9.17) is 4.74 Å². The Bertz CT molecular complexity index is 5160. The van der Waals surface area contributed by atoms with E-state index < -0.39 is 0 Å². The number of anilines is 12. The van der Waals surface area contributed by atoms with Crippen molar-refractivity contribution in [3.05, 3.63) is 339 Å². The molecule has 0 fully saturated rings. The van der Waals surface area contributed by atoms with Crippen molar-refractivity contribution in [1.29, 1.82) is 0 Å². The summed E-state index contributed by atoms with van der Waals surface area (Å²) in [4.78, 5) is 12.4. The van der Waals surface area contributed by atoms with Gasteiger partial charge in [0, 0.05) is 78.3 Å². The zero-order valence-corrected chi connectivity index (χ0v) is 54.3. The van der Waals surface area contributed by atoms with E-state index in [0.717, 1.165) is 102 Å². The Morgan fingerprint density at radius 2 is 0.771 bits per heavy atom. The Morgan fingerprint density at radius 1 is 0.302 bits per heavy atom. The van der Waals surface area contributed by atoms with E-state index in [1.165, 1.54) is 59.5 Å². The largest absolute Gasteiger partial charge is 0.458 e. The third-order valence-electron chi connectivity index (χ3n) is 19.7. The molecule has 8 heteroatoms. The molecule has 0 unspecified atom stereocenters. The lowest BCUT2D eigenvalue weighted by molar-refractivity contribution is 0.487. The molecule has 0 spiro atoms. The molecule has 0 N–H and O–H groups in total. The molecule has 14 aromatic rings. The minimum Gasteiger partial charge on any atom is -0.458 e. The van der Waals surface area contributed by atoms with Crippen molar-refractivity contribution in [1.82, 2.24) is 0 Å². The standard InChI is InChI=1S/C88H64B2N4OS/c1-88(2,3)64-47-41-63(42-48-64)72-35-19-22-38-77(72)94-79-58-84-76(57-75(79)90-74-37-21-24-40-82(74)95-83-55-70(53-80(94)86(83)90)91(65-29-13-6-14-30-65)66-31-15-7-16-32-66)89-73-36-20-23-39-78(73)93(67-33-17-8-18-34-67)81-54-71(56-85(96-84)87(81)89)92(68-49-43-61(44-50-68)59-25-9-4-10-26-59)69-51-45-62(46-52-69)60-27-11-5-12-28-60/h4-58H,1-3H3. The van der Waals surface area contributed by atoms with Crippen molar-refractivity contribution in [2.24, 2.45) is 0 Å². The molecular formula is C88H64B2N4OS. The Kier molecular flexibility index (Phi) is 13.9. The normalized spacial score (nSPS) is 12.9. The van der Waals surface area contributed by atoms with E-state index in [1.54, 1.807) is 0 Å². The Hall–Kier alpha value is -11.4. The average Bonchev–Trinajstić information content (AvgIpc) is 0.694. The molecule has 0 bridgehead atoms. The second-order valence-corrected chi connectivity index (χ2v) is 27.5. The van der Waals surface area contributed by atoms with Crippen molar-refractivity contribution < 1.29 is 4.74 Å². The molecule has 4 aliphatic heterocycles. The van der Waals surface area contributed by atoms with E-state index in [1.807, 2.05) is 11.8 Å². The molecule has 0 atom stereocenters. The molecule has 0 aromatic heterocycles. The van der Waals surface area contributed by atoms with Crippen LogP contribution in [0.2, 0.25) is 0 Å². The van der Waals surface area contributed by atoms with Gasteiger partial charge in [-0.15, -0.1) is 0 Å². The maximum absolute atomic E-state index is 7.35. The third kappa shape index (κ3) is 9.73. The monoisotopic (exact) mass is 1250 g/mol. The summed E-state index contributed by atoms with van der Waals surface area (Å²) in [7, 11) is 0. The molecule has 0 saturated carbocycles. The van der Waals surface area contributed by atoms with E-state index in [0.29, 0.717) is 0 Å². The highest BCUT2D eigenvalue weighted by Gasteiger charge is 2.47. The summed E-state index contributed by atoms with van der Waals surface area (Å²) >= 11 is 1.90. The van der Waals surface area contributed by atoms with Crippen LogP contribution in [0.3, 0.4) is 0 Å². The fraction of sp³-hybridized carbons (Fsp3) is 0.0455. The second kappa shape index (κ2) is 23.2. The van der Waals surface area contributed by atoms with Crippen molar-refractivity contribution >= 4 is 126 Å². The quantitative estimate of drug-likeness (QED) is 0.120. The molecule has 454 valence electrons. The van der Waals surface area contributed by atoms with Crippen LogP contribution in [-0.2, 0) is 5.41 Å². The minimum atomic E-state index is -0.173. The van der Waals surface area contributed by atoms with Gasteiger partial charge >= 0.3 is 0 Å². The first-order valence-electron chi connectivity index (χ1n) is 33.2. The van der Waals surface area contributed by atoms with Crippen molar-refractivity contribution in [3.63, 3.8) is 0 Å². The summed E-state index contributed by atoms with van der Waals surface area (Å²) in [5, 5.41) is 0. The number of rotatable bonds is 11. The fourth-order valence-electron chi connectivity index (χ4n) is 15.2. The molecule has 0 aliphatic carbocycles. The Morgan fingerprint density at radius 3 is 1.38 bits per heavy atom. The number of hydrogen-bond acceptors (Lipinski definition) is 6. The van der Waals surface area contributed by atoms with Crippen LogP contribution in [-0.4, -0.2) is 13.4 Å². The maximum Gasteiger partial charge on any atom is 0.256 e. The summed E-state index contributed by atoms with van der Waals surface area (Å²) in [5.41, 5.74) is 28.7. The Labute approximate surface area is 567 Å². The van der Waals surface area contributed by atoms with Gasteiger partial charge in [0.25, 0.3) is 6.71 Å². The van der Waals surface area contributed by atoms with E-state index in [-0.39, 0.29) is 18.8 Å². The molecule has 4 aliphatic rings. The lowest BCUT2D eigenvalue weighted by Crippen LogP contribution is -2.63. The highest BCUT2D eigenvalue weighted by molar-refractivity contribution is 8.00. The smallest absolute Gasteiger partial charge is 0.256 e. The first-order chi connectivity index (χ1) is 47.3. The van der Waals surface area contributed by atoms with Crippen molar-refractivity contribution in [2.45, 2.75) is 36.0 Å². The number of fused-ring (bicyclic) bond motifs is 8. The minimum absolute atomic E-state index is 0.00576. The van der Waals surface area contributed by atoms with Gasteiger partial charge < -0.3 is 24.3 Å². The van der Waals surface area contributed by atoms with Gasteiger partial charge in [-0.2, -0.15) is 0 Å². The first-order valence-corrected chi connectivity index (χ1v) is 34.0.